The van der Waals surface area contributed by atoms with Gasteiger partial charge in [-0.1, -0.05) is 18.2 Å². The van der Waals surface area contributed by atoms with Crippen LogP contribution in [0.3, 0.4) is 0 Å². The summed E-state index contributed by atoms with van der Waals surface area (Å²) in [6.07, 6.45) is 4.56. The number of aromatic amines is 1. The summed E-state index contributed by atoms with van der Waals surface area (Å²) in [5.74, 6) is -0.528. The molecule has 1 saturated heterocycles. The maximum absolute atomic E-state index is 14.0. The van der Waals surface area contributed by atoms with E-state index in [2.05, 4.69) is 9.97 Å². The minimum atomic E-state index is -0.401. The quantitative estimate of drug-likeness (QED) is 0.513. The fraction of sp³-hybridized carbons (Fsp3) is 0.192. The third-order valence-corrected chi connectivity index (χ3v) is 6.19. The van der Waals surface area contributed by atoms with Crippen LogP contribution in [0.15, 0.2) is 73.2 Å². The second-order valence-corrected chi connectivity index (χ2v) is 8.31. The Morgan fingerprint density at radius 1 is 1.00 bits per heavy atom. The van der Waals surface area contributed by atoms with Crippen molar-refractivity contribution >= 4 is 22.7 Å². The number of rotatable bonds is 3. The van der Waals surface area contributed by atoms with Gasteiger partial charge in [0, 0.05) is 60.3 Å². The highest BCUT2D eigenvalue weighted by molar-refractivity contribution is 5.99. The van der Waals surface area contributed by atoms with Crippen LogP contribution in [0.4, 0.5) is 4.39 Å². The standard InChI is InChI=1S/C26H23FN4O2/c1-17-16-30(12-13-31(17)26(33)21-7-4-19-8-11-29-24(19)14-21)25(32)20-5-2-18(3-6-20)22-9-10-28-15-23(22)27/h2-11,14-15,17,29H,12-13,16H2,1H3/t17-/m0/s1. The molecule has 2 aromatic heterocycles. The Morgan fingerprint density at radius 3 is 2.55 bits per heavy atom. The van der Waals surface area contributed by atoms with Gasteiger partial charge in [-0.15, -0.1) is 0 Å². The second-order valence-electron chi connectivity index (χ2n) is 8.31. The molecular formula is C26H23FN4O2. The van der Waals surface area contributed by atoms with Crippen LogP contribution in [0.5, 0.6) is 0 Å². The zero-order valence-electron chi connectivity index (χ0n) is 18.2. The lowest BCUT2D eigenvalue weighted by atomic mass is 10.0. The van der Waals surface area contributed by atoms with Crippen molar-refractivity contribution in [2.75, 3.05) is 19.6 Å². The van der Waals surface area contributed by atoms with Crippen molar-refractivity contribution < 1.29 is 14.0 Å². The molecule has 0 unspecified atom stereocenters. The molecule has 2 aromatic carbocycles. The fourth-order valence-electron chi connectivity index (χ4n) is 4.37. The van der Waals surface area contributed by atoms with E-state index in [4.69, 9.17) is 0 Å². The first-order valence-corrected chi connectivity index (χ1v) is 10.9. The minimum absolute atomic E-state index is 0.0326. The zero-order chi connectivity index (χ0) is 22.9. The van der Waals surface area contributed by atoms with Gasteiger partial charge in [0.25, 0.3) is 11.8 Å². The molecule has 0 saturated carbocycles. The number of amides is 2. The summed E-state index contributed by atoms with van der Waals surface area (Å²) in [6.45, 7) is 3.34. The predicted molar refractivity (Wildman–Crippen MR) is 124 cm³/mol. The van der Waals surface area contributed by atoms with Crippen molar-refractivity contribution in [2.24, 2.45) is 0 Å². The number of carbonyl (C=O) groups is 2. The van der Waals surface area contributed by atoms with Crippen molar-refractivity contribution in [2.45, 2.75) is 13.0 Å². The van der Waals surface area contributed by atoms with Gasteiger partial charge in [0.05, 0.1) is 6.20 Å². The molecule has 5 rings (SSSR count). The number of H-pyrrole nitrogens is 1. The average molecular weight is 442 g/mol. The summed E-state index contributed by atoms with van der Waals surface area (Å²) in [5.41, 5.74) is 3.24. The van der Waals surface area contributed by atoms with Gasteiger partial charge in [-0.2, -0.15) is 0 Å². The average Bonchev–Trinajstić information content (AvgIpc) is 3.31. The van der Waals surface area contributed by atoms with Gasteiger partial charge in [-0.3, -0.25) is 14.6 Å². The molecule has 7 heteroatoms. The Hall–Kier alpha value is -4.00. The molecule has 33 heavy (non-hydrogen) atoms. The molecule has 1 atom stereocenters. The Labute approximate surface area is 190 Å². The first-order valence-electron chi connectivity index (χ1n) is 10.9. The number of pyridine rings is 1. The number of aromatic nitrogens is 2. The number of hydrogen-bond donors (Lipinski definition) is 1. The fourth-order valence-corrected chi connectivity index (χ4v) is 4.37. The molecule has 1 N–H and O–H groups in total. The lowest BCUT2D eigenvalue weighted by molar-refractivity contribution is 0.0414. The van der Waals surface area contributed by atoms with E-state index >= 15 is 0 Å². The van der Waals surface area contributed by atoms with E-state index in [0.29, 0.717) is 41.9 Å². The number of nitrogens with one attached hydrogen (secondary N) is 1. The van der Waals surface area contributed by atoms with Crippen LogP contribution in [0, 0.1) is 5.82 Å². The van der Waals surface area contributed by atoms with Crippen LogP contribution in [-0.4, -0.2) is 57.3 Å². The van der Waals surface area contributed by atoms with Gasteiger partial charge in [0.2, 0.25) is 0 Å². The van der Waals surface area contributed by atoms with Gasteiger partial charge in [0.15, 0.2) is 0 Å². The molecule has 2 amide bonds. The first kappa shape index (κ1) is 20.9. The molecule has 4 aromatic rings. The number of carbonyl (C=O) groups excluding carboxylic acids is 2. The molecule has 166 valence electrons. The molecule has 1 aliphatic heterocycles. The van der Waals surface area contributed by atoms with Gasteiger partial charge >= 0.3 is 0 Å². The number of piperazine rings is 1. The van der Waals surface area contributed by atoms with Crippen LogP contribution < -0.4 is 0 Å². The van der Waals surface area contributed by atoms with E-state index < -0.39 is 5.82 Å². The van der Waals surface area contributed by atoms with E-state index in [0.717, 1.165) is 10.9 Å². The van der Waals surface area contributed by atoms with Crippen molar-refractivity contribution in [1.82, 2.24) is 19.8 Å². The number of halogens is 1. The monoisotopic (exact) mass is 442 g/mol. The third kappa shape index (κ3) is 3.98. The Balaban J connectivity index is 1.27. The Bertz CT molecular complexity index is 1330. The largest absolute Gasteiger partial charge is 0.361 e. The first-order chi connectivity index (χ1) is 16.0. The number of benzene rings is 2. The molecule has 3 heterocycles. The number of nitrogens with zero attached hydrogens (tertiary/aromatic N) is 3. The van der Waals surface area contributed by atoms with Crippen molar-refractivity contribution in [3.8, 4) is 11.1 Å². The molecular weight excluding hydrogens is 419 g/mol. The van der Waals surface area contributed by atoms with Gasteiger partial charge < -0.3 is 14.8 Å². The highest BCUT2D eigenvalue weighted by Gasteiger charge is 2.30. The third-order valence-electron chi connectivity index (χ3n) is 6.19. The molecule has 0 bridgehead atoms. The number of fused-ring (bicyclic) bond motifs is 1. The van der Waals surface area contributed by atoms with Crippen molar-refractivity contribution in [3.05, 3.63) is 90.1 Å². The predicted octanol–water partition coefficient (Wildman–Crippen LogP) is 4.36. The maximum Gasteiger partial charge on any atom is 0.254 e. The van der Waals surface area contributed by atoms with E-state index in [1.807, 2.05) is 42.3 Å². The Kier molecular flexibility index (Phi) is 5.38. The molecule has 0 spiro atoms. The van der Waals surface area contributed by atoms with Gasteiger partial charge in [-0.25, -0.2) is 4.39 Å². The zero-order valence-corrected chi connectivity index (χ0v) is 18.2. The van der Waals surface area contributed by atoms with Crippen LogP contribution in [-0.2, 0) is 0 Å². The summed E-state index contributed by atoms with van der Waals surface area (Å²) in [4.78, 5) is 36.7. The van der Waals surface area contributed by atoms with E-state index in [-0.39, 0.29) is 17.9 Å². The summed E-state index contributed by atoms with van der Waals surface area (Å²) in [6, 6.07) is 16.0. The SMILES string of the molecule is C[C@H]1CN(C(=O)c2ccc(-c3ccncc3F)cc2)CCN1C(=O)c1ccc2cc[nH]c2c1. The lowest BCUT2D eigenvalue weighted by Crippen LogP contribution is -2.55. The summed E-state index contributed by atoms with van der Waals surface area (Å²) >= 11 is 0. The Morgan fingerprint density at radius 2 is 1.79 bits per heavy atom. The van der Waals surface area contributed by atoms with Crippen LogP contribution in [0.2, 0.25) is 0 Å². The van der Waals surface area contributed by atoms with Crippen LogP contribution >= 0.6 is 0 Å². The van der Waals surface area contributed by atoms with E-state index in [9.17, 15) is 14.0 Å². The van der Waals surface area contributed by atoms with E-state index in [1.54, 1.807) is 35.2 Å². The summed E-state index contributed by atoms with van der Waals surface area (Å²) < 4.78 is 14.0. The van der Waals surface area contributed by atoms with Crippen LogP contribution in [0.1, 0.15) is 27.6 Å². The highest BCUT2D eigenvalue weighted by Crippen LogP contribution is 2.24. The second kappa shape index (κ2) is 8.50. The smallest absolute Gasteiger partial charge is 0.254 e. The molecule has 6 nitrogen and oxygen atoms in total. The highest BCUT2D eigenvalue weighted by atomic mass is 19.1. The van der Waals surface area contributed by atoms with Gasteiger partial charge in [-0.05, 0) is 54.3 Å². The minimum Gasteiger partial charge on any atom is -0.361 e. The molecule has 0 aliphatic carbocycles. The molecule has 1 fully saturated rings. The van der Waals surface area contributed by atoms with E-state index in [1.165, 1.54) is 12.4 Å². The summed E-state index contributed by atoms with van der Waals surface area (Å²) in [5, 5.41) is 1.06. The number of hydrogen-bond acceptors (Lipinski definition) is 3. The lowest BCUT2D eigenvalue weighted by Gasteiger charge is -2.40. The van der Waals surface area contributed by atoms with Crippen LogP contribution in [0.25, 0.3) is 22.0 Å². The van der Waals surface area contributed by atoms with Crippen molar-refractivity contribution in [1.29, 1.82) is 0 Å². The van der Waals surface area contributed by atoms with Crippen molar-refractivity contribution in [3.63, 3.8) is 0 Å². The summed E-state index contributed by atoms with van der Waals surface area (Å²) in [7, 11) is 0. The topological polar surface area (TPSA) is 69.3 Å². The molecule has 0 radical (unpaired) electrons. The van der Waals surface area contributed by atoms with Gasteiger partial charge in [0.1, 0.15) is 5.82 Å². The maximum atomic E-state index is 14.0. The normalized spacial score (nSPS) is 16.2. The molecule has 1 aliphatic rings.